The van der Waals surface area contributed by atoms with Crippen LogP contribution in [0.15, 0.2) is 33.3 Å². The van der Waals surface area contributed by atoms with Crippen molar-refractivity contribution in [2.24, 2.45) is 0 Å². The van der Waals surface area contributed by atoms with Crippen LogP contribution in [-0.4, -0.2) is 38.2 Å². The summed E-state index contributed by atoms with van der Waals surface area (Å²) in [6.45, 7) is -0.445. The number of halogens is 3. The molecule has 11 heteroatoms. The van der Waals surface area contributed by atoms with Crippen LogP contribution in [-0.2, 0) is 11.3 Å². The second-order valence-electron chi connectivity index (χ2n) is 5.89. The summed E-state index contributed by atoms with van der Waals surface area (Å²) >= 11 is 6.73. The van der Waals surface area contributed by atoms with E-state index in [1.807, 2.05) is 6.07 Å². The van der Waals surface area contributed by atoms with Crippen LogP contribution < -0.4 is 5.32 Å². The average Bonchev–Trinajstić information content (AvgIpc) is 2.94. The first kappa shape index (κ1) is 20.8. The fourth-order valence-corrected chi connectivity index (χ4v) is 3.84. The Kier molecular flexibility index (Phi) is 5.86. The van der Waals surface area contributed by atoms with E-state index >= 15 is 0 Å². The lowest BCUT2D eigenvalue weighted by atomic mass is 10.1. The predicted octanol–water partition coefficient (Wildman–Crippen LogP) is 3.14. The molecule has 1 amide bonds. The van der Waals surface area contributed by atoms with Gasteiger partial charge in [-0.1, -0.05) is 12.1 Å². The van der Waals surface area contributed by atoms with Gasteiger partial charge in [-0.25, -0.2) is 9.37 Å². The van der Waals surface area contributed by atoms with Gasteiger partial charge in [0.2, 0.25) is 0 Å². The summed E-state index contributed by atoms with van der Waals surface area (Å²) in [5.41, 5.74) is 0.361. The number of hydrogen-bond acceptors (Lipinski definition) is 5. The normalized spacial score (nSPS) is 10.7. The highest BCUT2D eigenvalue weighted by atomic mass is 79.9. The summed E-state index contributed by atoms with van der Waals surface area (Å²) in [6.07, 6.45) is 0. The van der Waals surface area contributed by atoms with E-state index in [0.717, 1.165) is 5.56 Å². The molecule has 2 heterocycles. The Bertz CT molecular complexity index is 1190. The first-order valence-electron chi connectivity index (χ1n) is 7.99. The van der Waals surface area contributed by atoms with E-state index in [9.17, 15) is 24.3 Å². The van der Waals surface area contributed by atoms with Crippen molar-refractivity contribution in [2.45, 2.75) is 6.54 Å². The van der Waals surface area contributed by atoms with Crippen molar-refractivity contribution in [3.8, 4) is 11.8 Å². The summed E-state index contributed by atoms with van der Waals surface area (Å²) in [6, 6.07) is 7.65. The number of aliphatic carboxylic acids is 1. The number of hydrogen-bond donors (Lipinski definition) is 3. The van der Waals surface area contributed by atoms with E-state index < -0.39 is 29.9 Å². The van der Waals surface area contributed by atoms with E-state index in [1.54, 1.807) is 16.7 Å². The molecule has 29 heavy (non-hydrogen) atoms. The fourth-order valence-electron chi connectivity index (χ4n) is 2.75. The zero-order valence-electron chi connectivity index (χ0n) is 14.4. The number of aromatic nitrogens is 2. The van der Waals surface area contributed by atoms with E-state index in [2.05, 4.69) is 42.2 Å². The van der Waals surface area contributed by atoms with Crippen molar-refractivity contribution in [3.05, 3.63) is 56.1 Å². The third-order valence-corrected chi connectivity index (χ3v) is 6.16. The Hall–Kier alpha value is -2.97. The summed E-state index contributed by atoms with van der Waals surface area (Å²) in [5.74, 6) is -3.10. The van der Waals surface area contributed by atoms with Crippen LogP contribution in [0.1, 0.15) is 21.7 Å². The van der Waals surface area contributed by atoms with Gasteiger partial charge in [-0.05, 0) is 49.6 Å². The van der Waals surface area contributed by atoms with Crippen LogP contribution >= 0.6 is 31.9 Å². The summed E-state index contributed by atoms with van der Waals surface area (Å²) < 4.78 is 15.7. The van der Waals surface area contributed by atoms with Crippen molar-refractivity contribution in [2.75, 3.05) is 6.54 Å². The zero-order chi connectivity index (χ0) is 21.3. The number of rotatable bonds is 5. The highest BCUT2D eigenvalue weighted by Gasteiger charge is 2.26. The summed E-state index contributed by atoms with van der Waals surface area (Å²) in [4.78, 5) is 26.8. The number of aromatic hydroxyl groups is 1. The quantitative estimate of drug-likeness (QED) is 0.469. The smallest absolute Gasteiger partial charge is 0.322 e. The van der Waals surface area contributed by atoms with Gasteiger partial charge in [0.15, 0.2) is 17.1 Å². The molecule has 0 fully saturated rings. The first-order valence-corrected chi connectivity index (χ1v) is 9.57. The third-order valence-electron chi connectivity index (χ3n) is 4.03. The Labute approximate surface area is 179 Å². The molecule has 148 valence electrons. The molecule has 0 aliphatic rings. The van der Waals surface area contributed by atoms with Crippen LogP contribution in [0.25, 0.3) is 10.9 Å². The number of amides is 1. The number of carbonyl (C=O) groups excluding carboxylic acids is 1. The highest BCUT2D eigenvalue weighted by Crippen LogP contribution is 2.42. The molecular formula is C18H11Br2FN4O4. The molecule has 0 saturated heterocycles. The van der Waals surface area contributed by atoms with Gasteiger partial charge in [-0.3, -0.25) is 9.59 Å². The van der Waals surface area contributed by atoms with Crippen LogP contribution in [0, 0.1) is 17.1 Å². The minimum atomic E-state index is -1.27. The number of carbonyl (C=O) groups is 2. The molecule has 0 radical (unpaired) electrons. The summed E-state index contributed by atoms with van der Waals surface area (Å²) in [5, 5.41) is 31.2. The second kappa shape index (κ2) is 8.18. The van der Waals surface area contributed by atoms with Gasteiger partial charge in [-0.2, -0.15) is 5.26 Å². The van der Waals surface area contributed by atoms with Crippen molar-refractivity contribution in [1.29, 1.82) is 5.26 Å². The maximum Gasteiger partial charge on any atom is 0.322 e. The minimum absolute atomic E-state index is 0.146. The van der Waals surface area contributed by atoms with E-state index in [1.165, 1.54) is 12.1 Å². The van der Waals surface area contributed by atoms with Crippen molar-refractivity contribution >= 4 is 54.6 Å². The Morgan fingerprint density at radius 3 is 2.52 bits per heavy atom. The lowest BCUT2D eigenvalue weighted by Gasteiger charge is -2.10. The van der Waals surface area contributed by atoms with Gasteiger partial charge in [0.1, 0.15) is 23.0 Å². The maximum atomic E-state index is 13.2. The number of nitrogens with one attached hydrogen (secondary N) is 1. The molecule has 0 unspecified atom stereocenters. The molecule has 0 aliphatic heterocycles. The number of fused-ring (bicyclic) bond motifs is 1. The number of carboxylic acid groups (broad SMARTS) is 1. The fraction of sp³-hybridized carbons (Fsp3) is 0.111. The van der Waals surface area contributed by atoms with Crippen LogP contribution in [0.4, 0.5) is 4.39 Å². The molecule has 0 aliphatic carbocycles. The molecule has 1 aromatic carbocycles. The van der Waals surface area contributed by atoms with Gasteiger partial charge < -0.3 is 20.1 Å². The molecule has 2 aromatic heterocycles. The maximum absolute atomic E-state index is 13.2. The van der Waals surface area contributed by atoms with Gasteiger partial charge in [-0.15, -0.1) is 0 Å². The second-order valence-corrected chi connectivity index (χ2v) is 7.43. The van der Waals surface area contributed by atoms with Gasteiger partial charge in [0.05, 0.1) is 15.4 Å². The Morgan fingerprint density at radius 1 is 1.28 bits per heavy atom. The van der Waals surface area contributed by atoms with Crippen molar-refractivity contribution in [1.82, 2.24) is 14.9 Å². The molecule has 0 spiro atoms. The monoisotopic (exact) mass is 524 g/mol. The number of nitrogens with zero attached hydrogens (tertiary/aromatic N) is 3. The number of nitriles is 1. The number of pyridine rings is 1. The highest BCUT2D eigenvalue weighted by molar-refractivity contribution is 9.13. The van der Waals surface area contributed by atoms with E-state index in [-0.39, 0.29) is 29.0 Å². The number of benzene rings is 1. The molecule has 8 nitrogen and oxygen atoms in total. The Balaban J connectivity index is 2.18. The van der Waals surface area contributed by atoms with Gasteiger partial charge in [0.25, 0.3) is 5.91 Å². The van der Waals surface area contributed by atoms with E-state index in [4.69, 9.17) is 5.11 Å². The topological polar surface area (TPSA) is 128 Å². The average molecular weight is 526 g/mol. The molecule has 3 rings (SSSR count). The SMILES string of the molecule is N#Cc1nc(C(=O)NCC(=O)O)c(O)c2c(Br)c(Br)n(Cc3ccc(F)cc3)c12. The molecule has 0 atom stereocenters. The van der Waals surface area contributed by atoms with Crippen LogP contribution in [0.2, 0.25) is 0 Å². The first-order chi connectivity index (χ1) is 13.7. The molecule has 3 N–H and O–H groups in total. The van der Waals surface area contributed by atoms with Crippen molar-refractivity contribution in [3.63, 3.8) is 0 Å². The lowest BCUT2D eigenvalue weighted by molar-refractivity contribution is -0.135. The third kappa shape index (κ3) is 3.94. The molecular weight excluding hydrogens is 515 g/mol. The summed E-state index contributed by atoms with van der Waals surface area (Å²) in [7, 11) is 0. The zero-order valence-corrected chi connectivity index (χ0v) is 17.6. The van der Waals surface area contributed by atoms with Crippen LogP contribution in [0.3, 0.4) is 0 Å². The minimum Gasteiger partial charge on any atom is -0.505 e. The predicted molar refractivity (Wildman–Crippen MR) is 107 cm³/mol. The molecule has 3 aromatic rings. The van der Waals surface area contributed by atoms with Crippen LogP contribution in [0.5, 0.6) is 5.75 Å². The van der Waals surface area contributed by atoms with Gasteiger partial charge >= 0.3 is 5.97 Å². The largest absolute Gasteiger partial charge is 0.505 e. The van der Waals surface area contributed by atoms with E-state index in [0.29, 0.717) is 9.08 Å². The van der Waals surface area contributed by atoms with Crippen molar-refractivity contribution < 1.29 is 24.2 Å². The molecule has 0 saturated carbocycles. The standard InChI is InChI=1S/C18H11Br2FN4O4/c19-13-12-15(25(17(13)20)7-8-1-3-9(21)4-2-8)10(5-22)24-14(16(12)28)18(29)23-6-11(26)27/h1-4,28H,6-7H2,(H,23,29)(H,26,27). The molecule has 0 bridgehead atoms. The Morgan fingerprint density at radius 2 is 1.93 bits per heavy atom. The van der Waals surface area contributed by atoms with Gasteiger partial charge in [0, 0.05) is 6.54 Å². The number of carboxylic acids is 1. The lowest BCUT2D eigenvalue weighted by Crippen LogP contribution is -2.30.